The third-order valence-corrected chi connectivity index (χ3v) is 3.07. The molecule has 0 aliphatic rings. The van der Waals surface area contributed by atoms with E-state index in [0.717, 1.165) is 11.3 Å². The molecule has 0 saturated carbocycles. The Kier molecular flexibility index (Phi) is 4.18. The van der Waals surface area contributed by atoms with Gasteiger partial charge >= 0.3 is 0 Å². The van der Waals surface area contributed by atoms with Crippen LogP contribution in [-0.4, -0.2) is 12.3 Å². The van der Waals surface area contributed by atoms with Gasteiger partial charge in [-0.05, 0) is 42.8 Å². The molecule has 18 heavy (non-hydrogen) atoms. The van der Waals surface area contributed by atoms with Crippen LogP contribution in [0.2, 0.25) is 5.02 Å². The molecule has 0 amide bonds. The molecule has 0 radical (unpaired) electrons. The van der Waals surface area contributed by atoms with Gasteiger partial charge < -0.3 is 9.73 Å². The maximum Gasteiger partial charge on any atom is 0.176 e. The Hall–Kier alpha value is -1.58. The van der Waals surface area contributed by atoms with Crippen molar-refractivity contribution in [1.82, 2.24) is 5.32 Å². The van der Waals surface area contributed by atoms with Crippen LogP contribution in [0.3, 0.4) is 0 Å². The predicted molar refractivity (Wildman–Crippen MR) is 70.9 cm³/mol. The summed E-state index contributed by atoms with van der Waals surface area (Å²) in [6.45, 7) is 2.71. The van der Waals surface area contributed by atoms with E-state index in [1.54, 1.807) is 24.5 Å². The number of carbonyl (C=O) groups excluding carboxylic acids is 1. The number of rotatable bonds is 5. The van der Waals surface area contributed by atoms with Crippen molar-refractivity contribution in [2.45, 2.75) is 13.5 Å². The number of hydrogen-bond donors (Lipinski definition) is 1. The summed E-state index contributed by atoms with van der Waals surface area (Å²) in [5.74, 6) is 0.858. The quantitative estimate of drug-likeness (QED) is 0.843. The standard InChI is InChI=1S/C14H14ClNO2/c1-10-7-11(4-5-13(10)15)14(17)9-16-8-12-3-2-6-18-12/h2-7,16H,8-9H2,1H3. The lowest BCUT2D eigenvalue weighted by molar-refractivity contribution is 0.0990. The monoisotopic (exact) mass is 263 g/mol. The van der Waals surface area contributed by atoms with Crippen LogP contribution in [0.5, 0.6) is 0 Å². The number of Topliss-reactive ketones (excluding diaryl/α,β-unsaturated/α-hetero) is 1. The Morgan fingerprint density at radius 1 is 1.39 bits per heavy atom. The lowest BCUT2D eigenvalue weighted by atomic mass is 10.1. The molecule has 0 fully saturated rings. The molecule has 0 unspecified atom stereocenters. The first-order valence-corrected chi connectivity index (χ1v) is 6.07. The van der Waals surface area contributed by atoms with Crippen LogP contribution in [-0.2, 0) is 6.54 Å². The van der Waals surface area contributed by atoms with Crippen LogP contribution in [0.15, 0.2) is 41.0 Å². The van der Waals surface area contributed by atoms with Crippen LogP contribution in [0.4, 0.5) is 0 Å². The summed E-state index contributed by atoms with van der Waals surface area (Å²) in [7, 11) is 0. The van der Waals surface area contributed by atoms with Gasteiger partial charge in [0.1, 0.15) is 5.76 Å². The number of furan rings is 1. The van der Waals surface area contributed by atoms with E-state index in [4.69, 9.17) is 16.0 Å². The van der Waals surface area contributed by atoms with Crippen molar-refractivity contribution in [2.24, 2.45) is 0 Å². The number of ketones is 1. The Labute approximate surface area is 111 Å². The highest BCUT2D eigenvalue weighted by atomic mass is 35.5. The Morgan fingerprint density at radius 3 is 2.89 bits per heavy atom. The molecule has 0 spiro atoms. The lowest BCUT2D eigenvalue weighted by Crippen LogP contribution is -2.22. The van der Waals surface area contributed by atoms with Crippen LogP contribution < -0.4 is 5.32 Å². The Morgan fingerprint density at radius 2 is 2.22 bits per heavy atom. The fourth-order valence-electron chi connectivity index (χ4n) is 1.63. The van der Waals surface area contributed by atoms with Gasteiger partial charge in [0, 0.05) is 10.6 Å². The number of carbonyl (C=O) groups is 1. The van der Waals surface area contributed by atoms with Gasteiger partial charge in [0.25, 0.3) is 0 Å². The molecule has 1 aromatic carbocycles. The molecule has 1 heterocycles. The van der Waals surface area contributed by atoms with Crippen LogP contribution in [0.25, 0.3) is 0 Å². The SMILES string of the molecule is Cc1cc(C(=O)CNCc2ccco2)ccc1Cl. The minimum atomic E-state index is 0.0429. The van der Waals surface area contributed by atoms with E-state index in [9.17, 15) is 4.79 Å². The highest BCUT2D eigenvalue weighted by molar-refractivity contribution is 6.31. The minimum absolute atomic E-state index is 0.0429. The maximum absolute atomic E-state index is 11.9. The molecule has 2 aromatic rings. The van der Waals surface area contributed by atoms with Gasteiger partial charge in [-0.2, -0.15) is 0 Å². The van der Waals surface area contributed by atoms with Crippen molar-refractivity contribution < 1.29 is 9.21 Å². The van der Waals surface area contributed by atoms with Crippen LogP contribution in [0.1, 0.15) is 21.7 Å². The number of halogens is 1. The van der Waals surface area contributed by atoms with E-state index in [0.29, 0.717) is 17.1 Å². The Balaban J connectivity index is 1.89. The largest absolute Gasteiger partial charge is 0.468 e. The highest BCUT2D eigenvalue weighted by Gasteiger charge is 2.07. The average molecular weight is 264 g/mol. The smallest absolute Gasteiger partial charge is 0.176 e. The number of nitrogens with one attached hydrogen (secondary N) is 1. The van der Waals surface area contributed by atoms with Crippen LogP contribution >= 0.6 is 11.6 Å². The molecule has 4 heteroatoms. The molecular formula is C14H14ClNO2. The molecule has 0 atom stereocenters. The zero-order valence-electron chi connectivity index (χ0n) is 10.1. The summed E-state index contributed by atoms with van der Waals surface area (Å²) in [4.78, 5) is 11.9. The number of benzene rings is 1. The van der Waals surface area contributed by atoms with Crippen molar-refractivity contribution in [3.8, 4) is 0 Å². The summed E-state index contributed by atoms with van der Waals surface area (Å²) in [5, 5.41) is 3.72. The zero-order chi connectivity index (χ0) is 13.0. The first kappa shape index (κ1) is 12.9. The molecule has 1 N–H and O–H groups in total. The second kappa shape index (κ2) is 5.85. The van der Waals surface area contributed by atoms with Crippen molar-refractivity contribution >= 4 is 17.4 Å². The van der Waals surface area contributed by atoms with Gasteiger partial charge in [0.15, 0.2) is 5.78 Å². The van der Waals surface area contributed by atoms with E-state index in [1.165, 1.54) is 0 Å². The summed E-state index contributed by atoms with van der Waals surface area (Å²) in [6.07, 6.45) is 1.61. The van der Waals surface area contributed by atoms with Gasteiger partial charge in [-0.25, -0.2) is 0 Å². The summed E-state index contributed by atoms with van der Waals surface area (Å²) < 4.78 is 5.16. The van der Waals surface area contributed by atoms with Crippen LogP contribution in [0, 0.1) is 6.92 Å². The van der Waals surface area contributed by atoms with Crippen molar-refractivity contribution in [1.29, 1.82) is 0 Å². The van der Waals surface area contributed by atoms with E-state index in [-0.39, 0.29) is 12.3 Å². The van der Waals surface area contributed by atoms with Crippen molar-refractivity contribution in [3.63, 3.8) is 0 Å². The fourth-order valence-corrected chi connectivity index (χ4v) is 1.75. The van der Waals surface area contributed by atoms with Gasteiger partial charge in [-0.3, -0.25) is 4.79 Å². The fraction of sp³-hybridized carbons (Fsp3) is 0.214. The summed E-state index contributed by atoms with van der Waals surface area (Å²) >= 11 is 5.92. The molecule has 0 aliphatic carbocycles. The maximum atomic E-state index is 11.9. The minimum Gasteiger partial charge on any atom is -0.468 e. The normalized spacial score (nSPS) is 10.6. The number of hydrogen-bond acceptors (Lipinski definition) is 3. The molecule has 0 bridgehead atoms. The summed E-state index contributed by atoms with van der Waals surface area (Å²) in [5.41, 5.74) is 1.58. The molecule has 0 aliphatic heterocycles. The van der Waals surface area contributed by atoms with E-state index in [2.05, 4.69) is 5.32 Å². The molecule has 94 valence electrons. The Bertz CT molecular complexity index is 535. The molecular weight excluding hydrogens is 250 g/mol. The zero-order valence-corrected chi connectivity index (χ0v) is 10.8. The first-order valence-electron chi connectivity index (χ1n) is 5.69. The average Bonchev–Trinajstić information content (AvgIpc) is 2.85. The van der Waals surface area contributed by atoms with E-state index < -0.39 is 0 Å². The third-order valence-electron chi connectivity index (χ3n) is 2.64. The van der Waals surface area contributed by atoms with Gasteiger partial charge in [0.05, 0.1) is 19.4 Å². The van der Waals surface area contributed by atoms with E-state index >= 15 is 0 Å². The van der Waals surface area contributed by atoms with Gasteiger partial charge in [0.2, 0.25) is 0 Å². The van der Waals surface area contributed by atoms with Gasteiger partial charge in [-0.15, -0.1) is 0 Å². The summed E-state index contributed by atoms with van der Waals surface area (Å²) in [6, 6.07) is 8.98. The second-order valence-corrected chi connectivity index (χ2v) is 4.48. The lowest BCUT2D eigenvalue weighted by Gasteiger charge is -2.04. The first-order chi connectivity index (χ1) is 8.66. The molecule has 0 saturated heterocycles. The van der Waals surface area contributed by atoms with Crippen molar-refractivity contribution in [2.75, 3.05) is 6.54 Å². The topological polar surface area (TPSA) is 42.2 Å². The predicted octanol–water partition coefficient (Wildman–Crippen LogP) is 3.21. The third kappa shape index (κ3) is 3.22. The van der Waals surface area contributed by atoms with Crippen molar-refractivity contribution in [3.05, 3.63) is 58.5 Å². The highest BCUT2D eigenvalue weighted by Crippen LogP contribution is 2.16. The molecule has 1 aromatic heterocycles. The second-order valence-electron chi connectivity index (χ2n) is 4.07. The van der Waals surface area contributed by atoms with E-state index in [1.807, 2.05) is 19.1 Å². The number of aryl methyl sites for hydroxylation is 1. The van der Waals surface area contributed by atoms with Gasteiger partial charge in [-0.1, -0.05) is 11.6 Å². The molecule has 3 nitrogen and oxygen atoms in total. The molecule has 2 rings (SSSR count).